The maximum atomic E-state index is 3.37. The molecule has 0 spiro atoms. The lowest BCUT2D eigenvalue weighted by Crippen LogP contribution is -2.30. The number of likely N-dealkylation sites (N-methyl/N-ethyl adjacent to an activating group) is 2. The van der Waals surface area contributed by atoms with Crippen LogP contribution in [0.15, 0.2) is 18.2 Å². The summed E-state index contributed by atoms with van der Waals surface area (Å²) in [6.45, 7) is 13.3. The molecule has 1 N–H and O–H groups in total. The number of hydrogen-bond donors (Lipinski definition) is 1. The van der Waals surface area contributed by atoms with Crippen LogP contribution < -0.4 is 5.32 Å². The van der Waals surface area contributed by atoms with E-state index in [1.807, 2.05) is 0 Å². The molecule has 0 aliphatic carbocycles. The van der Waals surface area contributed by atoms with Gasteiger partial charge in [0.15, 0.2) is 0 Å². The molecule has 0 saturated carbocycles. The third kappa shape index (κ3) is 5.75. The van der Waals surface area contributed by atoms with E-state index in [1.54, 1.807) is 0 Å². The molecule has 0 unspecified atom stereocenters. The molecule has 19 heavy (non-hydrogen) atoms. The summed E-state index contributed by atoms with van der Waals surface area (Å²) in [4.78, 5) is 2.41. The van der Waals surface area contributed by atoms with Crippen LogP contribution >= 0.6 is 0 Å². The fourth-order valence-electron chi connectivity index (χ4n) is 2.19. The second-order valence-electron chi connectivity index (χ2n) is 5.75. The summed E-state index contributed by atoms with van der Waals surface area (Å²) in [7, 11) is 2.21. The minimum absolute atomic E-state index is 0.617. The Kier molecular flexibility index (Phi) is 7.11. The van der Waals surface area contributed by atoms with Gasteiger partial charge < -0.3 is 10.2 Å². The molecule has 1 aromatic rings. The number of aryl methyl sites for hydroxylation is 1. The lowest BCUT2D eigenvalue weighted by atomic mass is 9.96. The quantitative estimate of drug-likeness (QED) is 0.724. The molecule has 2 nitrogen and oxygen atoms in total. The van der Waals surface area contributed by atoms with Gasteiger partial charge in [-0.2, -0.15) is 0 Å². The van der Waals surface area contributed by atoms with Crippen LogP contribution in [0.3, 0.4) is 0 Å². The van der Waals surface area contributed by atoms with E-state index in [0.29, 0.717) is 5.92 Å². The first-order valence-electron chi connectivity index (χ1n) is 7.53. The molecule has 2 heteroatoms. The predicted octanol–water partition coefficient (Wildman–Crippen LogP) is 3.20. The van der Waals surface area contributed by atoms with Crippen molar-refractivity contribution in [2.75, 3.05) is 33.2 Å². The van der Waals surface area contributed by atoms with Crippen LogP contribution in [0.25, 0.3) is 0 Å². The Morgan fingerprint density at radius 3 is 2.58 bits per heavy atom. The van der Waals surface area contributed by atoms with E-state index in [0.717, 1.165) is 32.6 Å². The minimum Gasteiger partial charge on any atom is -0.316 e. The third-order valence-corrected chi connectivity index (χ3v) is 3.72. The normalized spacial score (nSPS) is 11.5. The minimum atomic E-state index is 0.617. The van der Waals surface area contributed by atoms with Crippen molar-refractivity contribution in [2.24, 2.45) is 0 Å². The van der Waals surface area contributed by atoms with Crippen molar-refractivity contribution in [3.63, 3.8) is 0 Å². The van der Waals surface area contributed by atoms with Crippen LogP contribution in [0.1, 0.15) is 43.4 Å². The van der Waals surface area contributed by atoms with Crippen LogP contribution in [0.4, 0.5) is 0 Å². The first-order chi connectivity index (χ1) is 9.04. The van der Waals surface area contributed by atoms with Crippen molar-refractivity contribution in [2.45, 2.75) is 40.0 Å². The lowest BCUT2D eigenvalue weighted by molar-refractivity contribution is 0.336. The fraction of sp³-hybridized carbons (Fsp3) is 0.647. The summed E-state index contributed by atoms with van der Waals surface area (Å²) in [5.41, 5.74) is 4.38. The van der Waals surface area contributed by atoms with Gasteiger partial charge in [0.05, 0.1) is 0 Å². The molecule has 0 fully saturated rings. The lowest BCUT2D eigenvalue weighted by Gasteiger charge is -2.18. The van der Waals surface area contributed by atoms with Crippen LogP contribution in [-0.2, 0) is 6.42 Å². The second kappa shape index (κ2) is 8.34. The molecule has 108 valence electrons. The molecule has 1 rings (SSSR count). The summed E-state index contributed by atoms with van der Waals surface area (Å²) in [6, 6.07) is 6.92. The highest BCUT2D eigenvalue weighted by molar-refractivity contribution is 5.32. The van der Waals surface area contributed by atoms with Gasteiger partial charge in [-0.25, -0.2) is 0 Å². The van der Waals surface area contributed by atoms with Gasteiger partial charge in [0.1, 0.15) is 0 Å². The molecule has 0 aromatic heterocycles. The number of nitrogens with one attached hydrogen (secondary N) is 1. The molecule has 0 bridgehead atoms. The van der Waals surface area contributed by atoms with Crippen molar-refractivity contribution in [3.8, 4) is 0 Å². The summed E-state index contributed by atoms with van der Waals surface area (Å²) < 4.78 is 0. The van der Waals surface area contributed by atoms with Crippen LogP contribution in [0, 0.1) is 6.92 Å². The first-order valence-corrected chi connectivity index (χ1v) is 7.53. The van der Waals surface area contributed by atoms with Crippen LogP contribution in [-0.4, -0.2) is 38.1 Å². The molecule has 0 amide bonds. The van der Waals surface area contributed by atoms with Crippen molar-refractivity contribution in [1.82, 2.24) is 10.2 Å². The average molecular weight is 262 g/mol. The Morgan fingerprint density at radius 1 is 1.21 bits per heavy atom. The molecule has 0 aliphatic rings. The number of nitrogens with zero attached hydrogens (tertiary/aromatic N) is 1. The summed E-state index contributed by atoms with van der Waals surface area (Å²) in [6.07, 6.45) is 1.15. The number of hydrogen-bond acceptors (Lipinski definition) is 2. The smallest absolute Gasteiger partial charge is 0.0104 e. The Labute approximate surface area is 119 Å². The molecule has 1 aromatic carbocycles. The van der Waals surface area contributed by atoms with Gasteiger partial charge in [-0.15, -0.1) is 0 Å². The third-order valence-electron chi connectivity index (χ3n) is 3.72. The van der Waals surface area contributed by atoms with Gasteiger partial charge in [-0.05, 0) is 49.5 Å². The topological polar surface area (TPSA) is 15.3 Å². The van der Waals surface area contributed by atoms with Crippen LogP contribution in [0.5, 0.6) is 0 Å². The van der Waals surface area contributed by atoms with Gasteiger partial charge in [-0.1, -0.05) is 39.0 Å². The molecule has 0 radical (unpaired) electrons. The van der Waals surface area contributed by atoms with E-state index in [2.05, 4.69) is 63.2 Å². The summed E-state index contributed by atoms with van der Waals surface area (Å²) >= 11 is 0. The maximum absolute atomic E-state index is 3.37. The van der Waals surface area contributed by atoms with Gasteiger partial charge >= 0.3 is 0 Å². The SMILES string of the molecule is CCNCCN(C)CCc1cc(C(C)C)ccc1C. The van der Waals surface area contributed by atoms with Crippen molar-refractivity contribution in [3.05, 3.63) is 34.9 Å². The van der Waals surface area contributed by atoms with E-state index in [-0.39, 0.29) is 0 Å². The van der Waals surface area contributed by atoms with Crippen molar-refractivity contribution >= 4 is 0 Å². The average Bonchev–Trinajstić information content (AvgIpc) is 2.37. The van der Waals surface area contributed by atoms with Crippen LogP contribution in [0.2, 0.25) is 0 Å². The molecular weight excluding hydrogens is 232 g/mol. The fourth-order valence-corrected chi connectivity index (χ4v) is 2.19. The van der Waals surface area contributed by atoms with E-state index >= 15 is 0 Å². The standard InChI is InChI=1S/C17H30N2/c1-6-18-10-12-19(5)11-9-17-13-16(14(2)3)8-7-15(17)4/h7-8,13-14,18H,6,9-12H2,1-5H3. The zero-order valence-corrected chi connectivity index (χ0v) is 13.3. The maximum Gasteiger partial charge on any atom is 0.0104 e. The van der Waals surface area contributed by atoms with Crippen molar-refractivity contribution < 1.29 is 0 Å². The highest BCUT2D eigenvalue weighted by atomic mass is 15.1. The van der Waals surface area contributed by atoms with Gasteiger partial charge in [0.2, 0.25) is 0 Å². The van der Waals surface area contributed by atoms with E-state index in [1.165, 1.54) is 16.7 Å². The highest BCUT2D eigenvalue weighted by Crippen LogP contribution is 2.19. The highest BCUT2D eigenvalue weighted by Gasteiger charge is 2.05. The first kappa shape index (κ1) is 16.2. The monoisotopic (exact) mass is 262 g/mol. The van der Waals surface area contributed by atoms with Gasteiger partial charge in [0.25, 0.3) is 0 Å². The van der Waals surface area contributed by atoms with Crippen molar-refractivity contribution in [1.29, 1.82) is 0 Å². The summed E-state index contributed by atoms with van der Waals surface area (Å²) in [5.74, 6) is 0.617. The molecule has 0 aliphatic heterocycles. The van der Waals surface area contributed by atoms with E-state index in [9.17, 15) is 0 Å². The zero-order valence-electron chi connectivity index (χ0n) is 13.3. The number of benzene rings is 1. The molecule has 0 atom stereocenters. The molecular formula is C17H30N2. The molecule has 0 saturated heterocycles. The van der Waals surface area contributed by atoms with Gasteiger partial charge in [0, 0.05) is 19.6 Å². The van der Waals surface area contributed by atoms with E-state index in [4.69, 9.17) is 0 Å². The Bertz CT molecular complexity index is 372. The van der Waals surface area contributed by atoms with Gasteiger partial charge in [-0.3, -0.25) is 0 Å². The predicted molar refractivity (Wildman–Crippen MR) is 85.0 cm³/mol. The van der Waals surface area contributed by atoms with E-state index < -0.39 is 0 Å². The Balaban J connectivity index is 2.50. The Morgan fingerprint density at radius 2 is 1.95 bits per heavy atom. The zero-order chi connectivity index (χ0) is 14.3. The summed E-state index contributed by atoms with van der Waals surface area (Å²) in [5, 5.41) is 3.37. The Hall–Kier alpha value is -0.860. The second-order valence-corrected chi connectivity index (χ2v) is 5.75. The molecule has 0 heterocycles. The number of rotatable bonds is 8. The largest absolute Gasteiger partial charge is 0.316 e.